The van der Waals surface area contributed by atoms with Crippen LogP contribution in [0.1, 0.15) is 5.82 Å². The van der Waals surface area contributed by atoms with Crippen LogP contribution in [0.25, 0.3) is 16.6 Å². The second-order valence-corrected chi connectivity index (χ2v) is 5.97. The quantitative estimate of drug-likeness (QED) is 0.609. The summed E-state index contributed by atoms with van der Waals surface area (Å²) in [4.78, 5) is 17.2. The normalized spacial score (nSPS) is 11.0. The molecule has 0 saturated heterocycles. The zero-order valence-corrected chi connectivity index (χ0v) is 13.8. The van der Waals surface area contributed by atoms with Gasteiger partial charge in [0.05, 0.1) is 22.5 Å². The number of hydrogen-bond donors (Lipinski definition) is 0. The molecule has 6 heteroatoms. The molecule has 0 N–H and O–H groups in total. The van der Waals surface area contributed by atoms with Gasteiger partial charge in [-0.3, -0.25) is 9.36 Å². The third-order valence-electron chi connectivity index (χ3n) is 3.11. The molecule has 3 aromatic rings. The molecule has 0 spiro atoms. The van der Waals surface area contributed by atoms with E-state index < -0.39 is 0 Å². The van der Waals surface area contributed by atoms with E-state index in [4.69, 9.17) is 23.2 Å². The second-order valence-electron chi connectivity index (χ2n) is 4.42. The minimum Gasteiger partial charge on any atom is -0.268 e. The summed E-state index contributed by atoms with van der Waals surface area (Å²) in [5.41, 5.74) is 1.09. The summed E-state index contributed by atoms with van der Waals surface area (Å²) in [6, 6.07) is 12.4. The molecule has 21 heavy (non-hydrogen) atoms. The summed E-state index contributed by atoms with van der Waals surface area (Å²) in [7, 11) is 0. The Kier molecular flexibility index (Phi) is 4.02. The smallest absolute Gasteiger partial charge is 0.266 e. The number of nitrogens with zero attached hydrogens (tertiary/aromatic N) is 2. The molecule has 0 radical (unpaired) electrons. The molecule has 0 unspecified atom stereocenters. The van der Waals surface area contributed by atoms with E-state index in [1.165, 1.54) is 4.57 Å². The summed E-state index contributed by atoms with van der Waals surface area (Å²) >= 11 is 15.5. The maximum Gasteiger partial charge on any atom is 0.266 e. The molecule has 0 fully saturated rings. The zero-order valence-electron chi connectivity index (χ0n) is 10.7. The topological polar surface area (TPSA) is 34.9 Å². The lowest BCUT2D eigenvalue weighted by atomic mass is 10.2. The van der Waals surface area contributed by atoms with E-state index in [1.54, 1.807) is 30.3 Å². The van der Waals surface area contributed by atoms with Crippen LogP contribution in [-0.4, -0.2) is 9.55 Å². The Morgan fingerprint density at radius 2 is 1.95 bits per heavy atom. The SMILES string of the molecule is O=c1c2ccccc2nc(CCl)n1-c1cc(Cl)ccc1Br. The van der Waals surface area contributed by atoms with Gasteiger partial charge in [-0.05, 0) is 46.3 Å². The van der Waals surface area contributed by atoms with E-state index in [2.05, 4.69) is 20.9 Å². The fourth-order valence-corrected chi connectivity index (χ4v) is 2.94. The fourth-order valence-electron chi connectivity index (χ4n) is 2.17. The molecular weight excluding hydrogens is 375 g/mol. The van der Waals surface area contributed by atoms with Gasteiger partial charge in [0.15, 0.2) is 0 Å². The fraction of sp³-hybridized carbons (Fsp3) is 0.0667. The van der Waals surface area contributed by atoms with Gasteiger partial charge in [-0.25, -0.2) is 4.98 Å². The molecule has 3 rings (SSSR count). The van der Waals surface area contributed by atoms with Crippen LogP contribution in [0.3, 0.4) is 0 Å². The summed E-state index contributed by atoms with van der Waals surface area (Å²) < 4.78 is 2.24. The number of para-hydroxylation sites is 1. The summed E-state index contributed by atoms with van der Waals surface area (Å²) in [6.07, 6.45) is 0. The summed E-state index contributed by atoms with van der Waals surface area (Å²) in [5.74, 6) is 0.599. The van der Waals surface area contributed by atoms with Gasteiger partial charge in [-0.2, -0.15) is 0 Å². The van der Waals surface area contributed by atoms with Crippen molar-refractivity contribution in [3.8, 4) is 5.69 Å². The first kappa shape index (κ1) is 14.6. The van der Waals surface area contributed by atoms with E-state index in [9.17, 15) is 4.79 Å². The monoisotopic (exact) mass is 382 g/mol. The van der Waals surface area contributed by atoms with E-state index in [-0.39, 0.29) is 11.4 Å². The lowest BCUT2D eigenvalue weighted by Crippen LogP contribution is -2.23. The molecule has 0 saturated carbocycles. The largest absolute Gasteiger partial charge is 0.268 e. The van der Waals surface area contributed by atoms with Crippen molar-refractivity contribution in [3.63, 3.8) is 0 Å². The van der Waals surface area contributed by atoms with Gasteiger partial charge in [0.25, 0.3) is 5.56 Å². The molecule has 0 bridgehead atoms. The molecule has 1 heterocycles. The van der Waals surface area contributed by atoms with Crippen molar-refractivity contribution < 1.29 is 0 Å². The van der Waals surface area contributed by atoms with Crippen molar-refractivity contribution in [3.05, 3.63) is 68.1 Å². The highest BCUT2D eigenvalue weighted by Gasteiger charge is 2.14. The lowest BCUT2D eigenvalue weighted by molar-refractivity contribution is 0.878. The second kappa shape index (κ2) is 5.79. The molecule has 106 valence electrons. The van der Waals surface area contributed by atoms with Gasteiger partial charge in [0.1, 0.15) is 5.82 Å². The first-order valence-electron chi connectivity index (χ1n) is 6.14. The van der Waals surface area contributed by atoms with Gasteiger partial charge in [-0.1, -0.05) is 23.7 Å². The number of rotatable bonds is 2. The molecule has 0 atom stereocenters. The first-order valence-corrected chi connectivity index (χ1v) is 7.84. The molecule has 2 aromatic carbocycles. The predicted molar refractivity (Wildman–Crippen MR) is 89.6 cm³/mol. The molecular formula is C15H9BrCl2N2O. The highest BCUT2D eigenvalue weighted by atomic mass is 79.9. The number of hydrogen-bond acceptors (Lipinski definition) is 2. The van der Waals surface area contributed by atoms with Gasteiger partial charge >= 0.3 is 0 Å². The summed E-state index contributed by atoms with van der Waals surface area (Å²) in [5, 5.41) is 1.08. The number of aromatic nitrogens is 2. The van der Waals surface area contributed by atoms with Crippen molar-refractivity contribution in [1.29, 1.82) is 0 Å². The number of alkyl halides is 1. The van der Waals surface area contributed by atoms with Crippen LogP contribution in [0.15, 0.2) is 51.7 Å². The van der Waals surface area contributed by atoms with Gasteiger partial charge < -0.3 is 0 Å². The maximum absolute atomic E-state index is 12.8. The Morgan fingerprint density at radius 1 is 1.19 bits per heavy atom. The van der Waals surface area contributed by atoms with E-state index in [1.807, 2.05) is 12.1 Å². The van der Waals surface area contributed by atoms with Gasteiger partial charge in [0.2, 0.25) is 0 Å². The average molecular weight is 384 g/mol. The minimum absolute atomic E-state index is 0.124. The van der Waals surface area contributed by atoms with Crippen LogP contribution in [0.2, 0.25) is 5.02 Å². The van der Waals surface area contributed by atoms with Crippen molar-refractivity contribution in [1.82, 2.24) is 9.55 Å². The van der Waals surface area contributed by atoms with Crippen molar-refractivity contribution >= 4 is 50.0 Å². The first-order chi connectivity index (χ1) is 10.1. The number of fused-ring (bicyclic) bond motifs is 1. The van der Waals surface area contributed by atoms with E-state index in [0.29, 0.717) is 27.4 Å². The molecule has 0 amide bonds. The predicted octanol–water partition coefficient (Wildman–Crippen LogP) is 4.54. The van der Waals surface area contributed by atoms with E-state index >= 15 is 0 Å². The molecule has 1 aromatic heterocycles. The Labute approximate surface area is 139 Å². The molecule has 3 nitrogen and oxygen atoms in total. The third-order valence-corrected chi connectivity index (χ3v) is 4.26. The van der Waals surface area contributed by atoms with Crippen LogP contribution in [0, 0.1) is 0 Å². The molecule has 0 aliphatic heterocycles. The Bertz CT molecular complexity index is 892. The van der Waals surface area contributed by atoms with Crippen molar-refractivity contribution in [2.24, 2.45) is 0 Å². The molecule has 0 aliphatic rings. The van der Waals surface area contributed by atoms with Crippen molar-refractivity contribution in [2.45, 2.75) is 5.88 Å². The highest BCUT2D eigenvalue weighted by Crippen LogP contribution is 2.25. The third kappa shape index (κ3) is 2.59. The Balaban J connectivity index is 2.44. The Hall–Kier alpha value is -1.36. The molecule has 0 aliphatic carbocycles. The lowest BCUT2D eigenvalue weighted by Gasteiger charge is -2.13. The summed E-state index contributed by atoms with van der Waals surface area (Å²) in [6.45, 7) is 0. The van der Waals surface area contributed by atoms with Crippen LogP contribution >= 0.6 is 39.1 Å². The zero-order chi connectivity index (χ0) is 15.0. The van der Waals surface area contributed by atoms with Crippen LogP contribution in [0.4, 0.5) is 0 Å². The van der Waals surface area contributed by atoms with Crippen LogP contribution in [-0.2, 0) is 5.88 Å². The standard InChI is InChI=1S/C15H9BrCl2N2O/c16-11-6-5-9(18)7-13(11)20-14(8-17)19-12-4-2-1-3-10(12)15(20)21/h1-7H,8H2. The van der Waals surface area contributed by atoms with E-state index in [0.717, 1.165) is 4.47 Å². The maximum atomic E-state index is 12.8. The minimum atomic E-state index is -0.167. The number of halogens is 3. The van der Waals surface area contributed by atoms with Gasteiger partial charge in [-0.15, -0.1) is 11.6 Å². The van der Waals surface area contributed by atoms with Gasteiger partial charge in [0, 0.05) is 9.50 Å². The highest BCUT2D eigenvalue weighted by molar-refractivity contribution is 9.10. The van der Waals surface area contributed by atoms with Crippen LogP contribution in [0.5, 0.6) is 0 Å². The number of benzene rings is 2. The van der Waals surface area contributed by atoms with Crippen molar-refractivity contribution in [2.75, 3.05) is 0 Å². The average Bonchev–Trinajstić information content (AvgIpc) is 2.50. The Morgan fingerprint density at radius 3 is 2.71 bits per heavy atom. The van der Waals surface area contributed by atoms with Crippen LogP contribution < -0.4 is 5.56 Å².